The van der Waals surface area contributed by atoms with Gasteiger partial charge in [-0.3, -0.25) is 0 Å². The Morgan fingerprint density at radius 3 is 0.880 bits per heavy atom. The quantitative estimate of drug-likeness (QED) is 0.0521. The van der Waals surface area contributed by atoms with Crippen LogP contribution in [0.15, 0.2) is 12.1 Å². The van der Waals surface area contributed by atoms with E-state index < -0.39 is 0 Å². The highest BCUT2D eigenvalue weighted by molar-refractivity contribution is 14.1. The molecule has 0 aliphatic carbocycles. The molecule has 1 aromatic carbocycles. The van der Waals surface area contributed by atoms with Gasteiger partial charge in [0, 0.05) is 26.4 Å². The lowest BCUT2D eigenvalue weighted by molar-refractivity contribution is -0.169. The Kier molecular flexibility index (Phi) is 34.2. The van der Waals surface area contributed by atoms with Crippen LogP contribution in [0.2, 0.25) is 0 Å². The molecule has 1 rings (SSSR count). The maximum Gasteiger partial charge on any atom is 0.180 e. The van der Waals surface area contributed by atoms with Crippen molar-refractivity contribution in [2.75, 3.05) is 145 Å². The fourth-order valence-corrected chi connectivity index (χ4v) is 5.05. The monoisotopic (exact) mass is 946 g/mol. The van der Waals surface area contributed by atoms with Crippen LogP contribution >= 0.6 is 45.2 Å². The molecule has 0 unspecified atom stereocenters. The molecule has 294 valence electrons. The summed E-state index contributed by atoms with van der Waals surface area (Å²) >= 11 is 4.48. The average Bonchev–Trinajstić information content (AvgIpc) is 3.10. The van der Waals surface area contributed by atoms with Gasteiger partial charge in [-0.15, -0.1) is 0 Å². The second-order valence-electron chi connectivity index (χ2n) is 9.91. The van der Waals surface area contributed by atoms with E-state index in [1.807, 2.05) is 39.8 Å². The molecule has 0 aliphatic rings. The Labute approximate surface area is 326 Å². The van der Waals surface area contributed by atoms with E-state index >= 15 is 0 Å². The molecule has 0 spiro atoms. The molecule has 0 aliphatic heterocycles. The van der Waals surface area contributed by atoms with Crippen molar-refractivity contribution < 1.29 is 66.3 Å². The van der Waals surface area contributed by atoms with Gasteiger partial charge in [-0.1, -0.05) is 0 Å². The maximum absolute atomic E-state index is 5.91. The Bertz CT molecular complexity index is 807. The molecule has 0 atom stereocenters. The van der Waals surface area contributed by atoms with Crippen LogP contribution in [0.25, 0.3) is 0 Å². The van der Waals surface area contributed by atoms with E-state index in [4.69, 9.17) is 66.3 Å². The number of rotatable bonds is 38. The molecule has 0 radical (unpaired) electrons. The van der Waals surface area contributed by atoms with Gasteiger partial charge in [0.25, 0.3) is 0 Å². The first-order valence-electron chi connectivity index (χ1n) is 17.4. The third kappa shape index (κ3) is 27.4. The van der Waals surface area contributed by atoms with Crippen molar-refractivity contribution in [3.05, 3.63) is 19.3 Å². The number of ether oxygens (including phenoxy) is 14. The third-order valence-corrected chi connectivity index (χ3v) is 7.79. The smallest absolute Gasteiger partial charge is 0.180 e. The molecule has 14 nitrogen and oxygen atoms in total. The number of benzene rings is 1. The molecule has 0 heterocycles. The number of hydrogen-bond acceptors (Lipinski definition) is 14. The largest absolute Gasteiger partial charge is 0.490 e. The van der Waals surface area contributed by atoms with Gasteiger partial charge in [0.2, 0.25) is 0 Å². The summed E-state index contributed by atoms with van der Waals surface area (Å²) < 4.78 is 79.8. The van der Waals surface area contributed by atoms with E-state index in [-0.39, 0.29) is 12.6 Å². The van der Waals surface area contributed by atoms with Crippen LogP contribution in [-0.2, 0) is 56.8 Å². The summed E-state index contributed by atoms with van der Waals surface area (Å²) in [4.78, 5) is 0. The van der Waals surface area contributed by atoms with Gasteiger partial charge in [-0.2, -0.15) is 0 Å². The molecule has 0 bridgehead atoms. The van der Waals surface area contributed by atoms with Crippen molar-refractivity contribution >= 4 is 45.2 Å². The van der Waals surface area contributed by atoms with Crippen LogP contribution in [-0.4, -0.2) is 158 Å². The summed E-state index contributed by atoms with van der Waals surface area (Å²) in [5, 5.41) is 0. The molecule has 0 fully saturated rings. The molecular weight excluding hydrogens is 886 g/mol. The highest BCUT2D eigenvalue weighted by Gasteiger charge is 2.10. The molecule has 0 saturated heterocycles. The van der Waals surface area contributed by atoms with Crippen molar-refractivity contribution in [1.29, 1.82) is 0 Å². The average molecular weight is 947 g/mol. The summed E-state index contributed by atoms with van der Waals surface area (Å²) in [7, 11) is 0. The second kappa shape index (κ2) is 35.8. The van der Waals surface area contributed by atoms with Crippen molar-refractivity contribution in [2.45, 2.75) is 40.3 Å². The van der Waals surface area contributed by atoms with Crippen LogP contribution in [0.5, 0.6) is 11.5 Å². The van der Waals surface area contributed by atoms with Crippen LogP contribution in [0.3, 0.4) is 0 Å². The van der Waals surface area contributed by atoms with Crippen LogP contribution in [0.4, 0.5) is 0 Å². The Balaban J connectivity index is 1.97. The zero-order chi connectivity index (χ0) is 36.3. The summed E-state index contributed by atoms with van der Waals surface area (Å²) in [6.45, 7) is 18.4. The third-order valence-electron chi connectivity index (χ3n) is 6.11. The summed E-state index contributed by atoms with van der Waals surface area (Å²) in [5.74, 6) is 1.58. The van der Waals surface area contributed by atoms with E-state index in [0.717, 1.165) is 18.6 Å². The lowest BCUT2D eigenvalue weighted by Crippen LogP contribution is -2.24. The fourth-order valence-electron chi connectivity index (χ4n) is 3.86. The fraction of sp³-hybridized carbons (Fsp3) is 0.824. The normalized spacial score (nSPS) is 11.7. The SMILES string of the molecule is CCOC(COCCOCCOCCOCCOc1cc(I)c(OCCOCCOCCOCCOCC(OCC)OCC)cc1I)OCC. The van der Waals surface area contributed by atoms with Crippen molar-refractivity contribution in [1.82, 2.24) is 0 Å². The van der Waals surface area contributed by atoms with Crippen LogP contribution < -0.4 is 9.47 Å². The van der Waals surface area contributed by atoms with E-state index in [9.17, 15) is 0 Å². The summed E-state index contributed by atoms with van der Waals surface area (Å²) in [5.41, 5.74) is 0. The maximum atomic E-state index is 5.91. The highest BCUT2D eigenvalue weighted by Crippen LogP contribution is 2.31. The molecule has 1 aromatic rings. The topological polar surface area (TPSA) is 129 Å². The Morgan fingerprint density at radius 2 is 0.620 bits per heavy atom. The van der Waals surface area contributed by atoms with Gasteiger partial charge in [0.15, 0.2) is 12.6 Å². The van der Waals surface area contributed by atoms with Gasteiger partial charge in [-0.25, -0.2) is 0 Å². The molecule has 0 aromatic heterocycles. The zero-order valence-electron chi connectivity index (χ0n) is 30.3. The molecule has 16 heteroatoms. The Morgan fingerprint density at radius 1 is 0.380 bits per heavy atom. The molecule has 0 N–H and O–H groups in total. The minimum absolute atomic E-state index is 0.330. The molecular formula is C34H60I2O14. The Hall–Kier alpha value is -0.200. The predicted octanol–water partition coefficient (Wildman–Crippen LogP) is 4.58. The zero-order valence-corrected chi connectivity index (χ0v) is 34.7. The van der Waals surface area contributed by atoms with Gasteiger partial charge in [0.05, 0.1) is 113 Å². The number of hydrogen-bond donors (Lipinski definition) is 0. The van der Waals surface area contributed by atoms with E-state index in [1.54, 1.807) is 0 Å². The molecule has 50 heavy (non-hydrogen) atoms. The van der Waals surface area contributed by atoms with Crippen LogP contribution in [0, 0.1) is 7.14 Å². The molecule has 0 amide bonds. The number of halogens is 2. The lowest BCUT2D eigenvalue weighted by atomic mass is 10.3. The van der Waals surface area contributed by atoms with E-state index in [0.29, 0.717) is 145 Å². The van der Waals surface area contributed by atoms with Crippen LogP contribution in [0.1, 0.15) is 27.7 Å². The minimum Gasteiger partial charge on any atom is -0.490 e. The van der Waals surface area contributed by atoms with Crippen molar-refractivity contribution in [3.63, 3.8) is 0 Å². The van der Waals surface area contributed by atoms with Gasteiger partial charge in [-0.05, 0) is 85.0 Å². The van der Waals surface area contributed by atoms with E-state index in [1.165, 1.54) is 0 Å². The summed E-state index contributed by atoms with van der Waals surface area (Å²) in [6.07, 6.45) is -0.660. The van der Waals surface area contributed by atoms with Gasteiger partial charge in [0.1, 0.15) is 24.7 Å². The molecule has 0 saturated carbocycles. The second-order valence-corrected chi connectivity index (χ2v) is 12.2. The predicted molar refractivity (Wildman–Crippen MR) is 203 cm³/mol. The van der Waals surface area contributed by atoms with Gasteiger partial charge >= 0.3 is 0 Å². The van der Waals surface area contributed by atoms with Crippen molar-refractivity contribution in [3.8, 4) is 11.5 Å². The lowest BCUT2D eigenvalue weighted by Gasteiger charge is -2.16. The minimum atomic E-state index is -0.330. The highest BCUT2D eigenvalue weighted by atomic mass is 127. The first kappa shape index (κ1) is 47.8. The first-order chi connectivity index (χ1) is 24.5. The van der Waals surface area contributed by atoms with Gasteiger partial charge < -0.3 is 66.3 Å². The van der Waals surface area contributed by atoms with E-state index in [2.05, 4.69) is 45.2 Å². The summed E-state index contributed by atoms with van der Waals surface area (Å²) in [6, 6.07) is 3.92. The standard InChI is InChI=1S/C34H60I2O14/c1-5-45-33(46-6-2)27-43-19-17-39-11-9-37-13-15-41-21-23-49-31-25-30(36)32(26-29(31)35)50-24-22-42-16-14-38-10-12-40-18-20-44-28-34(47-7-3)48-8-4/h25-26,33-34H,5-24,27-28H2,1-4H3. The van der Waals surface area contributed by atoms with Crippen molar-refractivity contribution in [2.24, 2.45) is 0 Å². The first-order valence-corrected chi connectivity index (χ1v) is 19.5.